The van der Waals surface area contributed by atoms with Crippen LogP contribution in [0, 0.1) is 0 Å². The van der Waals surface area contributed by atoms with E-state index in [1.54, 1.807) is 0 Å². The summed E-state index contributed by atoms with van der Waals surface area (Å²) in [4.78, 5) is 23.9. The van der Waals surface area contributed by atoms with Crippen molar-refractivity contribution in [1.29, 1.82) is 0 Å². The third-order valence-corrected chi connectivity index (χ3v) is 9.01. The van der Waals surface area contributed by atoms with Gasteiger partial charge in [-0.1, -0.05) is 0 Å². The van der Waals surface area contributed by atoms with Gasteiger partial charge in [0.1, 0.15) is 97.5 Å². The molecular formula is C28H48N2O21. The van der Waals surface area contributed by atoms with Gasteiger partial charge in [-0.15, -0.1) is 0 Å². The standard InChI is InChI=1S/C28H48N2O21/c1-7(35)29-13-17(39)22(11(5-33)45-25(13)44)49-26-14(30-8(2)36)18(40)23(12(6-34)48-26)50-28-21(43)24(16(38)10(4-32)47-28)51-27-20(42)19(41)15(37)9(3-31)46-27/h9-28,31-34,37-44H,3-6H2,1-2H3,(H,29,35)(H,30,36)/t9-,10-,11-,12-,13-,14-,15-,16-,17-,18-,19+,20+,21+,22-,23-,24+,25-,26+,27-,28-/m1/s1. The summed E-state index contributed by atoms with van der Waals surface area (Å²) < 4.78 is 39.1. The molecule has 4 aliphatic rings. The van der Waals surface area contributed by atoms with Crippen molar-refractivity contribution in [3.8, 4) is 0 Å². The normalized spacial score (nSPS) is 47.8. The van der Waals surface area contributed by atoms with Crippen molar-refractivity contribution in [3.63, 3.8) is 0 Å². The number of aliphatic hydroxyl groups is 12. The summed E-state index contributed by atoms with van der Waals surface area (Å²) in [7, 11) is 0. The number of carbonyl (C=O) groups is 2. The molecule has 0 radical (unpaired) electrons. The molecule has 296 valence electrons. The first kappa shape index (κ1) is 41.9. The van der Waals surface area contributed by atoms with Crippen LogP contribution in [0.1, 0.15) is 13.8 Å². The topological polar surface area (TPSA) is 366 Å². The number of hydrogen-bond donors (Lipinski definition) is 14. The van der Waals surface area contributed by atoms with E-state index in [-0.39, 0.29) is 0 Å². The highest BCUT2D eigenvalue weighted by molar-refractivity contribution is 5.73. The second kappa shape index (κ2) is 18.0. The van der Waals surface area contributed by atoms with Gasteiger partial charge in [0.2, 0.25) is 11.8 Å². The van der Waals surface area contributed by atoms with Crippen molar-refractivity contribution in [2.24, 2.45) is 0 Å². The predicted molar refractivity (Wildman–Crippen MR) is 157 cm³/mol. The summed E-state index contributed by atoms with van der Waals surface area (Å²) in [6.45, 7) is -1.28. The Morgan fingerprint density at radius 2 is 0.882 bits per heavy atom. The molecule has 0 unspecified atom stereocenters. The fourth-order valence-electron chi connectivity index (χ4n) is 6.35. The molecule has 0 aromatic rings. The lowest BCUT2D eigenvalue weighted by atomic mass is 9.94. The number of rotatable bonds is 12. The molecule has 4 heterocycles. The molecule has 23 heteroatoms. The van der Waals surface area contributed by atoms with Crippen LogP contribution in [0.25, 0.3) is 0 Å². The number of carbonyl (C=O) groups excluding carboxylic acids is 2. The van der Waals surface area contributed by atoms with Gasteiger partial charge in [-0.2, -0.15) is 0 Å². The Labute approximate surface area is 289 Å². The van der Waals surface area contributed by atoms with Crippen LogP contribution in [0.4, 0.5) is 0 Å². The summed E-state index contributed by atoms with van der Waals surface area (Å²) in [5.74, 6) is -1.40. The maximum Gasteiger partial charge on any atom is 0.217 e. The number of aliphatic hydroxyl groups excluding tert-OH is 12. The van der Waals surface area contributed by atoms with Crippen molar-refractivity contribution in [1.82, 2.24) is 10.6 Å². The van der Waals surface area contributed by atoms with Crippen molar-refractivity contribution in [2.75, 3.05) is 26.4 Å². The Bertz CT molecular complexity index is 1140. The van der Waals surface area contributed by atoms with E-state index in [1.807, 2.05) is 0 Å². The van der Waals surface area contributed by atoms with E-state index in [4.69, 9.17) is 33.2 Å². The number of ether oxygens (including phenoxy) is 7. The minimum atomic E-state index is -2.04. The highest BCUT2D eigenvalue weighted by atomic mass is 16.8. The molecule has 0 aromatic heterocycles. The fraction of sp³-hybridized carbons (Fsp3) is 0.929. The Kier molecular flexibility index (Phi) is 14.8. The van der Waals surface area contributed by atoms with Crippen molar-refractivity contribution < 1.29 is 104 Å². The van der Waals surface area contributed by atoms with Crippen LogP contribution < -0.4 is 10.6 Å². The zero-order valence-electron chi connectivity index (χ0n) is 27.4. The maximum atomic E-state index is 12.2. The molecule has 4 rings (SSSR count). The van der Waals surface area contributed by atoms with E-state index in [9.17, 15) is 70.9 Å². The van der Waals surface area contributed by atoms with Crippen molar-refractivity contribution in [2.45, 2.75) is 137 Å². The summed E-state index contributed by atoms with van der Waals surface area (Å²) in [5, 5.41) is 130. The van der Waals surface area contributed by atoms with Crippen LogP contribution in [0.3, 0.4) is 0 Å². The minimum absolute atomic E-state index is 0.660. The van der Waals surface area contributed by atoms with E-state index in [0.717, 1.165) is 13.8 Å². The van der Waals surface area contributed by atoms with E-state index in [2.05, 4.69) is 10.6 Å². The van der Waals surface area contributed by atoms with Crippen LogP contribution in [0.5, 0.6) is 0 Å². The smallest absolute Gasteiger partial charge is 0.217 e. The predicted octanol–water partition coefficient (Wildman–Crippen LogP) is -9.46. The van der Waals surface area contributed by atoms with E-state index >= 15 is 0 Å². The summed E-state index contributed by atoms with van der Waals surface area (Å²) in [6.07, 6.45) is -31.4. The molecule has 0 aliphatic carbocycles. The van der Waals surface area contributed by atoms with E-state index < -0.39 is 161 Å². The summed E-state index contributed by atoms with van der Waals surface area (Å²) in [5.41, 5.74) is 0. The van der Waals surface area contributed by atoms with Gasteiger partial charge in [0, 0.05) is 13.8 Å². The number of amides is 2. The van der Waals surface area contributed by atoms with Crippen molar-refractivity contribution >= 4 is 11.8 Å². The second-order valence-electron chi connectivity index (χ2n) is 12.6. The summed E-state index contributed by atoms with van der Waals surface area (Å²) in [6, 6.07) is -3.04. The summed E-state index contributed by atoms with van der Waals surface area (Å²) >= 11 is 0. The molecule has 23 nitrogen and oxygen atoms in total. The highest BCUT2D eigenvalue weighted by Crippen LogP contribution is 2.34. The molecule has 0 bridgehead atoms. The first-order valence-electron chi connectivity index (χ1n) is 16.1. The van der Waals surface area contributed by atoms with Crippen molar-refractivity contribution in [3.05, 3.63) is 0 Å². The van der Waals surface area contributed by atoms with Crippen LogP contribution in [-0.2, 0) is 42.7 Å². The van der Waals surface area contributed by atoms with Crippen LogP contribution >= 0.6 is 0 Å². The van der Waals surface area contributed by atoms with E-state index in [0.29, 0.717) is 0 Å². The Morgan fingerprint density at radius 1 is 0.471 bits per heavy atom. The third kappa shape index (κ3) is 9.11. The zero-order valence-corrected chi connectivity index (χ0v) is 27.4. The molecule has 2 amide bonds. The molecular weight excluding hydrogens is 700 g/mol. The molecule has 4 fully saturated rings. The lowest BCUT2D eigenvalue weighted by molar-refractivity contribution is -0.379. The molecule has 0 aromatic carbocycles. The van der Waals surface area contributed by atoms with Gasteiger partial charge >= 0.3 is 0 Å². The van der Waals surface area contributed by atoms with Gasteiger partial charge in [-0.3, -0.25) is 9.59 Å². The quantitative estimate of drug-likeness (QED) is 0.0881. The monoisotopic (exact) mass is 748 g/mol. The Hall–Kier alpha value is -1.82. The first-order valence-corrected chi connectivity index (χ1v) is 16.1. The molecule has 51 heavy (non-hydrogen) atoms. The molecule has 4 saturated heterocycles. The highest BCUT2D eigenvalue weighted by Gasteiger charge is 2.55. The van der Waals surface area contributed by atoms with Gasteiger partial charge in [0.15, 0.2) is 25.2 Å². The molecule has 0 saturated carbocycles. The van der Waals surface area contributed by atoms with Gasteiger partial charge in [-0.25, -0.2) is 0 Å². The van der Waals surface area contributed by atoms with E-state index in [1.165, 1.54) is 0 Å². The van der Waals surface area contributed by atoms with Crippen LogP contribution in [0.15, 0.2) is 0 Å². The first-order chi connectivity index (χ1) is 24.1. The van der Waals surface area contributed by atoms with Gasteiger partial charge < -0.3 is 105 Å². The Morgan fingerprint density at radius 3 is 1.41 bits per heavy atom. The second-order valence-corrected chi connectivity index (χ2v) is 12.6. The average Bonchev–Trinajstić information content (AvgIpc) is 3.09. The molecule has 0 spiro atoms. The van der Waals surface area contributed by atoms with Crippen LogP contribution in [-0.4, -0.2) is 222 Å². The number of nitrogens with one attached hydrogen (secondary N) is 2. The minimum Gasteiger partial charge on any atom is -0.394 e. The molecule has 4 aliphatic heterocycles. The van der Waals surface area contributed by atoms with Gasteiger partial charge in [0.25, 0.3) is 0 Å². The molecule has 14 N–H and O–H groups in total. The lowest BCUT2D eigenvalue weighted by Gasteiger charge is -2.50. The molecule has 20 atom stereocenters. The fourth-order valence-corrected chi connectivity index (χ4v) is 6.35. The van der Waals surface area contributed by atoms with Gasteiger partial charge in [-0.05, 0) is 0 Å². The Balaban J connectivity index is 1.56. The van der Waals surface area contributed by atoms with Crippen LogP contribution in [0.2, 0.25) is 0 Å². The zero-order chi connectivity index (χ0) is 37.9. The lowest BCUT2D eigenvalue weighted by Crippen LogP contribution is -2.70. The maximum absolute atomic E-state index is 12.2. The largest absolute Gasteiger partial charge is 0.394 e. The average molecular weight is 749 g/mol. The number of hydrogen-bond acceptors (Lipinski definition) is 21. The SMILES string of the molecule is CC(=O)N[C@@H]1[C@@H](O)[C@H](O[C@@H]2O[C@H](CO)[C@@H](O[C@H]3O[C@H](CO)[C@@H](O)[C@H](O[C@H]4O[C@H](CO)[C@@H](O)[C@H](O)[C@@H]4O)[C@@H]3O)[C@H](O)[C@H]2NC(C)=O)[C@@H](CO)O[C@H]1O. The third-order valence-electron chi connectivity index (χ3n) is 9.01. The van der Waals surface area contributed by atoms with Gasteiger partial charge in [0.05, 0.1) is 26.4 Å².